The van der Waals surface area contributed by atoms with E-state index in [1.807, 2.05) is 23.0 Å². The van der Waals surface area contributed by atoms with Crippen LogP contribution in [0.25, 0.3) is 0 Å². The number of benzene rings is 1. The Kier molecular flexibility index (Phi) is 5.31. The predicted octanol–water partition coefficient (Wildman–Crippen LogP) is 4.56. The summed E-state index contributed by atoms with van der Waals surface area (Å²) in [5, 5.41) is 8.05. The number of ketones is 1. The number of hydrogen-bond acceptors (Lipinski definition) is 3. The molecule has 1 aromatic heterocycles. The molecular weight excluding hydrogens is 334 g/mol. The fourth-order valence-corrected chi connectivity index (χ4v) is 3.27. The largest absolute Gasteiger partial charge is 0.313 e. The van der Waals surface area contributed by atoms with Gasteiger partial charge in [0.2, 0.25) is 0 Å². The van der Waals surface area contributed by atoms with Crippen LogP contribution in [0.15, 0.2) is 36.7 Å². The Labute approximate surface area is 163 Å². The Morgan fingerprint density at radius 2 is 1.96 bits per heavy atom. The topological polar surface area (TPSA) is 46.9 Å². The van der Waals surface area contributed by atoms with E-state index in [1.54, 1.807) is 6.20 Å². The molecule has 0 aliphatic heterocycles. The lowest BCUT2D eigenvalue weighted by Gasteiger charge is -2.19. The second-order valence-electron chi connectivity index (χ2n) is 10.1. The molecule has 1 N–H and O–H groups in total. The molecule has 0 radical (unpaired) electrons. The van der Waals surface area contributed by atoms with Crippen molar-refractivity contribution in [3.63, 3.8) is 0 Å². The zero-order chi connectivity index (χ0) is 19.8. The molecule has 0 saturated heterocycles. The van der Waals surface area contributed by atoms with E-state index < -0.39 is 0 Å². The number of nitrogens with one attached hydrogen (secondary N) is 1. The predicted molar refractivity (Wildman–Crippen MR) is 110 cm³/mol. The number of carbonyl (C=O) groups excluding carboxylic acids is 1. The number of aromatic nitrogens is 2. The van der Waals surface area contributed by atoms with Gasteiger partial charge < -0.3 is 5.32 Å². The van der Waals surface area contributed by atoms with Crippen LogP contribution in [0.2, 0.25) is 0 Å². The Bertz CT molecular complexity index is 808. The average Bonchev–Trinajstić information content (AvgIpc) is 3.20. The molecule has 0 bridgehead atoms. The van der Waals surface area contributed by atoms with Crippen LogP contribution in [-0.4, -0.2) is 28.2 Å². The quantitative estimate of drug-likeness (QED) is 0.762. The monoisotopic (exact) mass is 367 g/mol. The molecule has 1 fully saturated rings. The summed E-state index contributed by atoms with van der Waals surface area (Å²) < 4.78 is 1.92. The smallest absolute Gasteiger partial charge is 0.167 e. The summed E-state index contributed by atoms with van der Waals surface area (Å²) in [6.07, 6.45) is 5.34. The maximum Gasteiger partial charge on any atom is 0.167 e. The van der Waals surface area contributed by atoms with E-state index >= 15 is 0 Å². The van der Waals surface area contributed by atoms with Gasteiger partial charge in [0, 0.05) is 36.7 Å². The molecule has 146 valence electrons. The van der Waals surface area contributed by atoms with Gasteiger partial charge in [-0.2, -0.15) is 5.10 Å². The average molecular weight is 368 g/mol. The molecular formula is C23H33N3O. The van der Waals surface area contributed by atoms with Crippen LogP contribution in [0.3, 0.4) is 0 Å². The number of rotatable bonds is 6. The summed E-state index contributed by atoms with van der Waals surface area (Å²) in [6.45, 7) is 14.1. The number of Topliss-reactive ketones (excluding diaryl/α,β-unsaturated/α-hetero) is 1. The van der Waals surface area contributed by atoms with Gasteiger partial charge in [0.15, 0.2) is 5.78 Å². The molecule has 2 aromatic rings. The number of nitrogens with zero attached hydrogens (tertiary/aromatic N) is 2. The summed E-state index contributed by atoms with van der Waals surface area (Å²) >= 11 is 0. The minimum atomic E-state index is -0.0672. The first-order chi connectivity index (χ1) is 12.5. The van der Waals surface area contributed by atoms with Crippen LogP contribution in [0.4, 0.5) is 0 Å². The lowest BCUT2D eigenvalue weighted by molar-refractivity contribution is 0.0992. The van der Waals surface area contributed by atoms with E-state index in [9.17, 15) is 4.79 Å². The highest BCUT2D eigenvalue weighted by Gasteiger charge is 2.38. The molecule has 1 aromatic carbocycles. The van der Waals surface area contributed by atoms with Gasteiger partial charge in [-0.05, 0) is 49.8 Å². The lowest BCUT2D eigenvalue weighted by Crippen LogP contribution is -2.29. The summed E-state index contributed by atoms with van der Waals surface area (Å²) in [5.41, 5.74) is 3.27. The zero-order valence-corrected chi connectivity index (χ0v) is 17.5. The van der Waals surface area contributed by atoms with Crippen LogP contribution in [-0.2, 0) is 12.0 Å². The van der Waals surface area contributed by atoms with Crippen molar-refractivity contribution in [2.24, 2.45) is 5.41 Å². The van der Waals surface area contributed by atoms with Crippen molar-refractivity contribution < 1.29 is 4.79 Å². The fraction of sp³-hybridized carbons (Fsp3) is 0.565. The van der Waals surface area contributed by atoms with Crippen LogP contribution < -0.4 is 5.32 Å². The fourth-order valence-electron chi connectivity index (χ4n) is 3.27. The molecule has 1 heterocycles. The van der Waals surface area contributed by atoms with Crippen molar-refractivity contribution in [3.8, 4) is 0 Å². The molecule has 4 heteroatoms. The highest BCUT2D eigenvalue weighted by molar-refractivity contribution is 5.97. The Hall–Kier alpha value is -1.94. The molecule has 1 aliphatic carbocycles. The van der Waals surface area contributed by atoms with Gasteiger partial charge in [-0.3, -0.25) is 9.48 Å². The molecule has 27 heavy (non-hydrogen) atoms. The zero-order valence-electron chi connectivity index (χ0n) is 17.5. The number of carbonyl (C=O) groups is 1. The van der Waals surface area contributed by atoms with Crippen LogP contribution >= 0.6 is 0 Å². The van der Waals surface area contributed by atoms with E-state index in [4.69, 9.17) is 0 Å². The van der Waals surface area contributed by atoms with Crippen molar-refractivity contribution in [2.75, 3.05) is 6.54 Å². The Balaban J connectivity index is 1.62. The summed E-state index contributed by atoms with van der Waals surface area (Å²) in [7, 11) is 0. The normalized spacial score (nSPS) is 19.9. The first-order valence-corrected chi connectivity index (χ1v) is 9.93. The van der Waals surface area contributed by atoms with E-state index in [2.05, 4.69) is 64.1 Å². The maximum absolute atomic E-state index is 12.8. The Morgan fingerprint density at radius 1 is 1.22 bits per heavy atom. The molecule has 2 unspecified atom stereocenters. The first-order valence-electron chi connectivity index (χ1n) is 9.93. The van der Waals surface area contributed by atoms with Gasteiger partial charge in [0.25, 0.3) is 0 Å². The lowest BCUT2D eigenvalue weighted by atomic mass is 9.97. The van der Waals surface area contributed by atoms with E-state index in [0.717, 1.165) is 24.1 Å². The van der Waals surface area contributed by atoms with Gasteiger partial charge in [0.05, 0.1) is 11.7 Å². The highest BCUT2D eigenvalue weighted by Crippen LogP contribution is 2.41. The molecule has 2 atom stereocenters. The van der Waals surface area contributed by atoms with E-state index in [1.165, 1.54) is 5.56 Å². The molecule has 0 amide bonds. The van der Waals surface area contributed by atoms with Gasteiger partial charge in [-0.1, -0.05) is 39.0 Å². The Morgan fingerprint density at radius 3 is 2.59 bits per heavy atom. The second-order valence-corrected chi connectivity index (χ2v) is 10.1. The molecule has 0 spiro atoms. The maximum atomic E-state index is 12.8. The summed E-state index contributed by atoms with van der Waals surface area (Å²) in [6, 6.07) is 8.72. The summed E-state index contributed by atoms with van der Waals surface area (Å²) in [5.74, 6) is 0.689. The van der Waals surface area contributed by atoms with Crippen molar-refractivity contribution in [1.82, 2.24) is 15.1 Å². The number of hydrogen-bond donors (Lipinski definition) is 1. The first kappa shape index (κ1) is 19.8. The summed E-state index contributed by atoms with van der Waals surface area (Å²) in [4.78, 5) is 12.8. The van der Waals surface area contributed by atoms with Crippen molar-refractivity contribution in [1.29, 1.82) is 0 Å². The molecule has 1 aliphatic rings. The minimum Gasteiger partial charge on any atom is -0.313 e. The van der Waals surface area contributed by atoms with E-state index in [-0.39, 0.29) is 11.3 Å². The third-order valence-corrected chi connectivity index (χ3v) is 5.01. The van der Waals surface area contributed by atoms with Crippen molar-refractivity contribution in [2.45, 2.75) is 71.9 Å². The van der Waals surface area contributed by atoms with Crippen LogP contribution in [0.1, 0.15) is 75.4 Å². The standard InChI is InChI=1S/C23H33N3O/c1-22(2,3)15-24-20-12-19(20)17-8-7-9-18(11-17)21(27)10-16-13-25-26(14-16)23(4,5)6/h7-9,11,13-14,19-20,24H,10,12,15H2,1-6H3. The van der Waals surface area contributed by atoms with Crippen molar-refractivity contribution in [3.05, 3.63) is 53.3 Å². The molecule has 4 nitrogen and oxygen atoms in total. The van der Waals surface area contributed by atoms with E-state index in [0.29, 0.717) is 23.8 Å². The highest BCUT2D eigenvalue weighted by atomic mass is 16.1. The van der Waals surface area contributed by atoms with Gasteiger partial charge >= 0.3 is 0 Å². The minimum absolute atomic E-state index is 0.0672. The third kappa shape index (κ3) is 5.29. The van der Waals surface area contributed by atoms with Gasteiger partial charge in [-0.25, -0.2) is 0 Å². The molecule has 3 rings (SSSR count). The van der Waals surface area contributed by atoms with Crippen LogP contribution in [0.5, 0.6) is 0 Å². The second kappa shape index (κ2) is 7.23. The van der Waals surface area contributed by atoms with Crippen LogP contribution in [0, 0.1) is 5.41 Å². The molecule has 1 saturated carbocycles. The van der Waals surface area contributed by atoms with Gasteiger partial charge in [0.1, 0.15) is 0 Å². The van der Waals surface area contributed by atoms with Gasteiger partial charge in [-0.15, -0.1) is 0 Å². The van der Waals surface area contributed by atoms with Crippen molar-refractivity contribution >= 4 is 5.78 Å². The SMILES string of the molecule is CC(C)(C)CNC1CC1c1cccc(C(=O)Cc2cnn(C(C)(C)C)c2)c1. The third-order valence-electron chi connectivity index (χ3n) is 5.01.